The van der Waals surface area contributed by atoms with Crippen molar-refractivity contribution in [1.82, 2.24) is 15.1 Å². The molecule has 1 saturated heterocycles. The molecule has 2 heterocycles. The number of hydrogen-bond donors (Lipinski definition) is 1. The highest BCUT2D eigenvalue weighted by molar-refractivity contribution is 7.92. The molecule has 1 aromatic heterocycles. The van der Waals surface area contributed by atoms with Gasteiger partial charge in [0.2, 0.25) is 10.0 Å². The predicted molar refractivity (Wildman–Crippen MR) is 79.4 cm³/mol. The summed E-state index contributed by atoms with van der Waals surface area (Å²) in [4.78, 5) is 4.58. The maximum absolute atomic E-state index is 11.1. The van der Waals surface area contributed by atoms with Crippen LogP contribution in [0, 0.1) is 0 Å². The Labute approximate surface area is 120 Å². The van der Waals surface area contributed by atoms with Gasteiger partial charge in [-0.2, -0.15) is 0 Å². The summed E-state index contributed by atoms with van der Waals surface area (Å²) in [7, 11) is -3.30. The molecular formula is C12H21N5O2S. The third-order valence-corrected chi connectivity index (χ3v) is 3.89. The number of sulfonamides is 1. The first-order chi connectivity index (χ1) is 9.35. The van der Waals surface area contributed by atoms with Gasteiger partial charge in [0, 0.05) is 32.2 Å². The van der Waals surface area contributed by atoms with E-state index >= 15 is 0 Å². The van der Waals surface area contributed by atoms with Crippen molar-refractivity contribution >= 4 is 21.7 Å². The summed E-state index contributed by atoms with van der Waals surface area (Å²) in [5.74, 6) is 1.03. The first kappa shape index (κ1) is 15.0. The molecule has 2 rings (SSSR count). The summed E-state index contributed by atoms with van der Waals surface area (Å²) in [6.45, 7) is 8.21. The summed E-state index contributed by atoms with van der Waals surface area (Å²) in [5.41, 5.74) is 0. The van der Waals surface area contributed by atoms with E-state index in [9.17, 15) is 8.42 Å². The van der Waals surface area contributed by atoms with Crippen LogP contribution in [-0.4, -0.2) is 62.0 Å². The third-order valence-electron chi connectivity index (χ3n) is 3.31. The van der Waals surface area contributed by atoms with Gasteiger partial charge in [-0.05, 0) is 26.0 Å². The molecule has 1 fully saturated rings. The van der Waals surface area contributed by atoms with Crippen LogP contribution >= 0.6 is 0 Å². The van der Waals surface area contributed by atoms with Gasteiger partial charge in [-0.25, -0.2) is 8.42 Å². The van der Waals surface area contributed by atoms with Crippen molar-refractivity contribution in [1.29, 1.82) is 0 Å². The SMILES string of the molecule is CC(C)N1CCN(c2ccc(NS(C)(=O)=O)nn2)CC1. The third kappa shape index (κ3) is 4.04. The van der Waals surface area contributed by atoms with Gasteiger partial charge >= 0.3 is 0 Å². The molecule has 0 atom stereocenters. The van der Waals surface area contributed by atoms with E-state index in [1.54, 1.807) is 12.1 Å². The molecule has 0 saturated carbocycles. The average Bonchev–Trinajstić information content (AvgIpc) is 2.38. The number of nitrogens with one attached hydrogen (secondary N) is 1. The molecule has 1 aliphatic rings. The minimum atomic E-state index is -3.30. The monoisotopic (exact) mass is 299 g/mol. The zero-order chi connectivity index (χ0) is 14.8. The fraction of sp³-hybridized carbons (Fsp3) is 0.667. The van der Waals surface area contributed by atoms with Crippen LogP contribution in [0.3, 0.4) is 0 Å². The Morgan fingerprint density at radius 1 is 1.15 bits per heavy atom. The van der Waals surface area contributed by atoms with Gasteiger partial charge in [0.15, 0.2) is 11.6 Å². The highest BCUT2D eigenvalue weighted by atomic mass is 32.2. The Hall–Kier alpha value is -1.41. The molecule has 0 bridgehead atoms. The van der Waals surface area contributed by atoms with Gasteiger partial charge in [-0.3, -0.25) is 9.62 Å². The van der Waals surface area contributed by atoms with Gasteiger partial charge in [0.1, 0.15) is 0 Å². The number of aromatic nitrogens is 2. The average molecular weight is 299 g/mol. The second kappa shape index (κ2) is 5.92. The Morgan fingerprint density at radius 3 is 2.25 bits per heavy atom. The Morgan fingerprint density at radius 2 is 1.80 bits per heavy atom. The zero-order valence-electron chi connectivity index (χ0n) is 12.1. The van der Waals surface area contributed by atoms with Crippen LogP contribution < -0.4 is 9.62 Å². The summed E-state index contributed by atoms with van der Waals surface area (Å²) in [5, 5.41) is 7.98. The number of nitrogens with zero attached hydrogens (tertiary/aromatic N) is 4. The molecule has 112 valence electrons. The fourth-order valence-electron chi connectivity index (χ4n) is 2.21. The first-order valence-electron chi connectivity index (χ1n) is 6.66. The van der Waals surface area contributed by atoms with Gasteiger partial charge in [0.05, 0.1) is 6.26 Å². The molecule has 1 N–H and O–H groups in total. The van der Waals surface area contributed by atoms with Crippen LogP contribution in [0.1, 0.15) is 13.8 Å². The van der Waals surface area contributed by atoms with Crippen molar-refractivity contribution in [2.45, 2.75) is 19.9 Å². The second-order valence-corrected chi connectivity index (χ2v) is 7.02. The molecule has 0 aliphatic carbocycles. The Balaban J connectivity index is 1.98. The molecule has 1 aromatic rings. The highest BCUT2D eigenvalue weighted by Crippen LogP contribution is 2.15. The maximum Gasteiger partial charge on any atom is 0.231 e. The van der Waals surface area contributed by atoms with Gasteiger partial charge in [0.25, 0.3) is 0 Å². The minimum Gasteiger partial charge on any atom is -0.353 e. The number of hydrogen-bond acceptors (Lipinski definition) is 6. The maximum atomic E-state index is 11.1. The van der Waals surface area contributed by atoms with E-state index < -0.39 is 10.0 Å². The molecule has 0 aromatic carbocycles. The van der Waals surface area contributed by atoms with Gasteiger partial charge in [-0.1, -0.05) is 0 Å². The minimum absolute atomic E-state index is 0.247. The van der Waals surface area contributed by atoms with Crippen LogP contribution in [0.25, 0.3) is 0 Å². The van der Waals surface area contributed by atoms with E-state index in [0.29, 0.717) is 6.04 Å². The Bertz CT molecular complexity index is 535. The molecule has 1 aliphatic heterocycles. The Kier molecular flexibility index (Phi) is 4.44. The van der Waals surface area contributed by atoms with Crippen molar-refractivity contribution in [2.75, 3.05) is 42.1 Å². The second-order valence-electron chi connectivity index (χ2n) is 5.27. The molecule has 7 nitrogen and oxygen atoms in total. The lowest BCUT2D eigenvalue weighted by Crippen LogP contribution is -2.49. The van der Waals surface area contributed by atoms with E-state index in [2.05, 4.69) is 38.6 Å². The van der Waals surface area contributed by atoms with Crippen molar-refractivity contribution in [2.24, 2.45) is 0 Å². The summed E-state index contributed by atoms with van der Waals surface area (Å²) in [6, 6.07) is 3.99. The quantitative estimate of drug-likeness (QED) is 0.866. The van der Waals surface area contributed by atoms with E-state index in [0.717, 1.165) is 38.3 Å². The number of piperazine rings is 1. The summed E-state index contributed by atoms with van der Waals surface area (Å²) >= 11 is 0. The van der Waals surface area contributed by atoms with Crippen LogP contribution in [0.5, 0.6) is 0 Å². The standard InChI is InChI=1S/C12H21N5O2S/c1-10(2)16-6-8-17(9-7-16)12-5-4-11(13-14-12)15-20(3,18)19/h4-5,10H,6-9H2,1-3H3,(H,13,15). The number of rotatable bonds is 4. The molecule has 0 spiro atoms. The number of anilines is 2. The normalized spacial score (nSPS) is 17.5. The summed E-state index contributed by atoms with van der Waals surface area (Å²) < 4.78 is 24.5. The molecule has 0 amide bonds. The lowest BCUT2D eigenvalue weighted by atomic mass is 10.2. The molecular weight excluding hydrogens is 278 g/mol. The van der Waals surface area contributed by atoms with Crippen molar-refractivity contribution in [3.8, 4) is 0 Å². The summed E-state index contributed by atoms with van der Waals surface area (Å²) in [6.07, 6.45) is 1.09. The smallest absolute Gasteiger partial charge is 0.231 e. The van der Waals surface area contributed by atoms with E-state index in [1.807, 2.05) is 0 Å². The van der Waals surface area contributed by atoms with Crippen LogP contribution in [0.2, 0.25) is 0 Å². The van der Waals surface area contributed by atoms with E-state index in [1.165, 1.54) is 0 Å². The molecule has 0 unspecified atom stereocenters. The van der Waals surface area contributed by atoms with E-state index in [4.69, 9.17) is 0 Å². The molecule has 20 heavy (non-hydrogen) atoms. The lowest BCUT2D eigenvalue weighted by molar-refractivity contribution is 0.209. The molecule has 0 radical (unpaired) electrons. The highest BCUT2D eigenvalue weighted by Gasteiger charge is 2.19. The van der Waals surface area contributed by atoms with Crippen molar-refractivity contribution in [3.63, 3.8) is 0 Å². The van der Waals surface area contributed by atoms with Crippen molar-refractivity contribution in [3.05, 3.63) is 12.1 Å². The van der Waals surface area contributed by atoms with Gasteiger partial charge < -0.3 is 4.90 Å². The molecule has 8 heteroatoms. The topological polar surface area (TPSA) is 78.4 Å². The van der Waals surface area contributed by atoms with Crippen LogP contribution in [-0.2, 0) is 10.0 Å². The van der Waals surface area contributed by atoms with Crippen molar-refractivity contribution < 1.29 is 8.42 Å². The van der Waals surface area contributed by atoms with Crippen LogP contribution in [0.4, 0.5) is 11.6 Å². The van der Waals surface area contributed by atoms with Gasteiger partial charge in [-0.15, -0.1) is 10.2 Å². The predicted octanol–water partition coefficient (Wildman–Crippen LogP) is 0.379. The zero-order valence-corrected chi connectivity index (χ0v) is 12.9. The largest absolute Gasteiger partial charge is 0.353 e. The first-order valence-corrected chi connectivity index (χ1v) is 8.55. The fourth-order valence-corrected chi connectivity index (χ4v) is 2.69. The lowest BCUT2D eigenvalue weighted by Gasteiger charge is -2.37. The van der Waals surface area contributed by atoms with Crippen LogP contribution in [0.15, 0.2) is 12.1 Å². The van der Waals surface area contributed by atoms with E-state index in [-0.39, 0.29) is 5.82 Å².